The Hall–Kier alpha value is -0.710. The van der Waals surface area contributed by atoms with Crippen LogP contribution in [-0.4, -0.2) is 6.10 Å². The molecule has 2 unspecified atom stereocenters. The largest absolute Gasteiger partial charge is 0.424 e. The van der Waals surface area contributed by atoms with Crippen LogP contribution in [0.5, 0.6) is 0 Å². The number of nitrogens with zero attached hydrogens (tertiary/aromatic N) is 1. The van der Waals surface area contributed by atoms with Crippen molar-refractivity contribution < 1.29 is 4.74 Å². The van der Waals surface area contributed by atoms with Gasteiger partial charge in [0.2, 0.25) is 0 Å². The Morgan fingerprint density at radius 3 is 2.50 bits per heavy atom. The molecule has 0 saturated heterocycles. The van der Waals surface area contributed by atoms with Crippen molar-refractivity contribution in [1.29, 1.82) is 5.26 Å². The van der Waals surface area contributed by atoms with E-state index in [0.29, 0.717) is 5.92 Å². The van der Waals surface area contributed by atoms with E-state index in [1.807, 2.05) is 6.92 Å². The maximum Gasteiger partial charge on any atom is 0.286 e. The van der Waals surface area contributed by atoms with Gasteiger partial charge in [0.15, 0.2) is 0 Å². The zero-order valence-corrected chi connectivity index (χ0v) is 6.92. The molecule has 0 aromatic rings. The van der Waals surface area contributed by atoms with Gasteiger partial charge in [0.25, 0.3) is 6.26 Å². The molecule has 0 aliphatic heterocycles. The molecule has 2 heteroatoms. The van der Waals surface area contributed by atoms with Crippen molar-refractivity contribution in [1.82, 2.24) is 0 Å². The van der Waals surface area contributed by atoms with Crippen molar-refractivity contribution in [2.45, 2.75) is 39.7 Å². The van der Waals surface area contributed by atoms with Gasteiger partial charge in [0.05, 0.1) is 0 Å². The standard InChI is InChI=1S/C8H15NO/c1-4-5-7(2)8(3)10-6-9/h7-8H,4-5H2,1-3H3. The van der Waals surface area contributed by atoms with E-state index < -0.39 is 0 Å². The average Bonchev–Trinajstić information content (AvgIpc) is 1.89. The lowest BCUT2D eigenvalue weighted by Gasteiger charge is -2.15. The Balaban J connectivity index is 3.50. The molecule has 0 spiro atoms. The molecule has 0 aromatic carbocycles. The molecule has 2 atom stereocenters. The third-order valence-corrected chi connectivity index (χ3v) is 1.78. The van der Waals surface area contributed by atoms with Crippen molar-refractivity contribution in [3.63, 3.8) is 0 Å². The minimum absolute atomic E-state index is 0.0740. The second kappa shape index (κ2) is 5.10. The van der Waals surface area contributed by atoms with Gasteiger partial charge in [-0.3, -0.25) is 0 Å². The second-order valence-electron chi connectivity index (χ2n) is 2.68. The molecule has 2 nitrogen and oxygen atoms in total. The van der Waals surface area contributed by atoms with Crippen LogP contribution in [0, 0.1) is 17.4 Å². The number of rotatable bonds is 4. The summed E-state index contributed by atoms with van der Waals surface area (Å²) in [6.07, 6.45) is 4.06. The van der Waals surface area contributed by atoms with Crippen molar-refractivity contribution in [3.8, 4) is 6.26 Å². The lowest BCUT2D eigenvalue weighted by atomic mass is 10.0. The first kappa shape index (κ1) is 9.29. The molecule has 10 heavy (non-hydrogen) atoms. The van der Waals surface area contributed by atoms with E-state index >= 15 is 0 Å². The van der Waals surface area contributed by atoms with Crippen molar-refractivity contribution in [2.75, 3.05) is 0 Å². The Labute approximate surface area is 62.8 Å². The minimum Gasteiger partial charge on any atom is -0.424 e. The second-order valence-corrected chi connectivity index (χ2v) is 2.68. The van der Waals surface area contributed by atoms with Crippen LogP contribution in [0.2, 0.25) is 0 Å². The van der Waals surface area contributed by atoms with E-state index in [2.05, 4.69) is 13.8 Å². The molecule has 0 aliphatic carbocycles. The maximum atomic E-state index is 8.18. The van der Waals surface area contributed by atoms with Crippen LogP contribution >= 0.6 is 0 Å². The molecule has 0 radical (unpaired) electrons. The number of nitriles is 1. The van der Waals surface area contributed by atoms with Crippen molar-refractivity contribution in [2.24, 2.45) is 5.92 Å². The van der Waals surface area contributed by atoms with Crippen LogP contribution in [0.25, 0.3) is 0 Å². The van der Waals surface area contributed by atoms with Gasteiger partial charge >= 0.3 is 0 Å². The van der Waals surface area contributed by atoms with Crippen LogP contribution in [0.15, 0.2) is 0 Å². The molecule has 0 aliphatic rings. The molecule has 0 rings (SSSR count). The fourth-order valence-electron chi connectivity index (χ4n) is 0.889. The number of ether oxygens (including phenoxy) is 1. The van der Waals surface area contributed by atoms with Crippen molar-refractivity contribution in [3.05, 3.63) is 0 Å². The highest BCUT2D eigenvalue weighted by Gasteiger charge is 2.10. The SMILES string of the molecule is CCCC(C)C(C)OC#N. The number of hydrogen-bond acceptors (Lipinski definition) is 2. The predicted octanol–water partition coefficient (Wildman–Crippen LogP) is 2.31. The van der Waals surface area contributed by atoms with Gasteiger partial charge in [-0.25, -0.2) is 0 Å². The van der Waals surface area contributed by atoms with Gasteiger partial charge in [-0.1, -0.05) is 20.3 Å². The Bertz CT molecular complexity index is 117. The summed E-state index contributed by atoms with van der Waals surface area (Å²) < 4.78 is 4.76. The highest BCUT2D eigenvalue weighted by molar-refractivity contribution is 4.64. The Kier molecular flexibility index (Phi) is 4.74. The smallest absolute Gasteiger partial charge is 0.286 e. The zero-order chi connectivity index (χ0) is 7.98. The molecule has 0 N–H and O–H groups in total. The Morgan fingerprint density at radius 2 is 2.10 bits per heavy atom. The molecular weight excluding hydrogens is 126 g/mol. The average molecular weight is 141 g/mol. The molecule has 0 aromatic heterocycles. The van der Waals surface area contributed by atoms with Gasteiger partial charge in [-0.15, -0.1) is 0 Å². The van der Waals surface area contributed by atoms with E-state index in [9.17, 15) is 0 Å². The fraction of sp³-hybridized carbons (Fsp3) is 0.875. The summed E-state index contributed by atoms with van der Waals surface area (Å²) in [7, 11) is 0. The zero-order valence-electron chi connectivity index (χ0n) is 6.92. The summed E-state index contributed by atoms with van der Waals surface area (Å²) in [6.45, 7) is 6.17. The van der Waals surface area contributed by atoms with Gasteiger partial charge in [-0.05, 0) is 19.3 Å². The van der Waals surface area contributed by atoms with Gasteiger partial charge in [0, 0.05) is 0 Å². The molecule has 0 saturated carbocycles. The van der Waals surface area contributed by atoms with Gasteiger partial charge < -0.3 is 4.74 Å². The van der Waals surface area contributed by atoms with Crippen LogP contribution < -0.4 is 0 Å². The van der Waals surface area contributed by atoms with Crippen LogP contribution in [0.3, 0.4) is 0 Å². The first-order valence-electron chi connectivity index (χ1n) is 3.77. The third-order valence-electron chi connectivity index (χ3n) is 1.78. The Morgan fingerprint density at radius 1 is 1.50 bits per heavy atom. The first-order chi connectivity index (χ1) is 4.72. The first-order valence-corrected chi connectivity index (χ1v) is 3.77. The van der Waals surface area contributed by atoms with Crippen LogP contribution in [-0.2, 0) is 4.74 Å². The monoisotopic (exact) mass is 141 g/mol. The molecular formula is C8H15NO. The lowest BCUT2D eigenvalue weighted by Crippen LogP contribution is -2.15. The van der Waals surface area contributed by atoms with Gasteiger partial charge in [-0.2, -0.15) is 5.26 Å². The summed E-state index contributed by atoms with van der Waals surface area (Å²) in [6, 6.07) is 0. The van der Waals surface area contributed by atoms with Crippen LogP contribution in [0.4, 0.5) is 0 Å². The van der Waals surface area contributed by atoms with E-state index in [-0.39, 0.29) is 6.10 Å². The van der Waals surface area contributed by atoms with E-state index in [1.165, 1.54) is 0 Å². The highest BCUT2D eigenvalue weighted by atomic mass is 16.5. The summed E-state index contributed by atoms with van der Waals surface area (Å²) >= 11 is 0. The normalized spacial score (nSPS) is 15.4. The summed E-state index contributed by atoms with van der Waals surface area (Å²) in [4.78, 5) is 0. The van der Waals surface area contributed by atoms with Crippen LogP contribution in [0.1, 0.15) is 33.6 Å². The maximum absolute atomic E-state index is 8.18. The molecule has 0 fully saturated rings. The van der Waals surface area contributed by atoms with Gasteiger partial charge in [0.1, 0.15) is 6.10 Å². The molecule has 0 bridgehead atoms. The summed E-state index contributed by atoms with van der Waals surface area (Å²) in [5, 5.41) is 8.18. The van der Waals surface area contributed by atoms with E-state index in [0.717, 1.165) is 12.8 Å². The number of hydrogen-bond donors (Lipinski definition) is 0. The molecule has 58 valence electrons. The van der Waals surface area contributed by atoms with Crippen molar-refractivity contribution >= 4 is 0 Å². The van der Waals surface area contributed by atoms with E-state index in [4.69, 9.17) is 10.00 Å². The lowest BCUT2D eigenvalue weighted by molar-refractivity contribution is 0.120. The van der Waals surface area contributed by atoms with E-state index in [1.54, 1.807) is 6.26 Å². The quantitative estimate of drug-likeness (QED) is 0.563. The molecule has 0 heterocycles. The predicted molar refractivity (Wildman–Crippen MR) is 40.2 cm³/mol. The summed E-state index contributed by atoms with van der Waals surface area (Å²) in [5.74, 6) is 0.490. The topological polar surface area (TPSA) is 33.0 Å². The molecule has 0 amide bonds. The summed E-state index contributed by atoms with van der Waals surface area (Å²) in [5.41, 5.74) is 0. The third kappa shape index (κ3) is 3.34. The minimum atomic E-state index is 0.0740. The highest BCUT2D eigenvalue weighted by Crippen LogP contribution is 2.12. The fourth-order valence-corrected chi connectivity index (χ4v) is 0.889.